The van der Waals surface area contributed by atoms with E-state index in [0.29, 0.717) is 11.9 Å². The molecule has 16 heavy (non-hydrogen) atoms. The van der Waals surface area contributed by atoms with Crippen LogP contribution in [0.15, 0.2) is 18.2 Å². The number of anilines is 1. The van der Waals surface area contributed by atoms with Gasteiger partial charge in [-0.25, -0.2) is 0 Å². The number of halogens is 2. The second-order valence-corrected chi connectivity index (χ2v) is 5.30. The van der Waals surface area contributed by atoms with Crippen molar-refractivity contribution in [3.05, 3.63) is 28.8 Å². The number of nitrogens with zero attached hydrogens (tertiary/aromatic N) is 1. The summed E-state index contributed by atoms with van der Waals surface area (Å²) in [6, 6.07) is 6.50. The molecule has 0 spiro atoms. The van der Waals surface area contributed by atoms with Crippen molar-refractivity contribution in [2.45, 2.75) is 31.7 Å². The largest absolute Gasteiger partial charge is 0.371 e. The number of hydrogen-bond acceptors (Lipinski definition) is 1. The molecule has 1 atom stereocenters. The Morgan fingerprint density at radius 2 is 2.12 bits per heavy atom. The Kier molecular flexibility index (Phi) is 3.66. The number of rotatable bonds is 4. The third-order valence-corrected chi connectivity index (χ3v) is 4.01. The van der Waals surface area contributed by atoms with Crippen LogP contribution in [0, 0.1) is 5.92 Å². The van der Waals surface area contributed by atoms with Gasteiger partial charge in [0.2, 0.25) is 0 Å². The van der Waals surface area contributed by atoms with Crippen molar-refractivity contribution < 1.29 is 0 Å². The molecule has 1 aliphatic rings. The summed E-state index contributed by atoms with van der Waals surface area (Å²) in [4.78, 5) is 2.31. The molecule has 1 aromatic rings. The molecule has 2 rings (SSSR count). The van der Waals surface area contributed by atoms with Crippen LogP contribution in [0.1, 0.15) is 25.3 Å². The molecule has 1 aromatic carbocycles. The normalized spacial score (nSPS) is 17.2. The molecule has 0 amide bonds. The topological polar surface area (TPSA) is 3.24 Å². The van der Waals surface area contributed by atoms with E-state index < -0.39 is 0 Å². The number of benzene rings is 1. The van der Waals surface area contributed by atoms with Crippen LogP contribution in [0.3, 0.4) is 0 Å². The van der Waals surface area contributed by atoms with Crippen LogP contribution in [0.4, 0.5) is 5.69 Å². The maximum absolute atomic E-state index is 6.05. The van der Waals surface area contributed by atoms with E-state index in [0.717, 1.165) is 16.5 Å². The van der Waals surface area contributed by atoms with Gasteiger partial charge in [0, 0.05) is 29.7 Å². The quantitative estimate of drug-likeness (QED) is 0.727. The van der Waals surface area contributed by atoms with E-state index in [1.807, 2.05) is 18.2 Å². The van der Waals surface area contributed by atoms with Crippen molar-refractivity contribution in [2.24, 2.45) is 5.92 Å². The van der Waals surface area contributed by atoms with Gasteiger partial charge in [-0.15, -0.1) is 11.6 Å². The molecule has 3 heteroatoms. The highest BCUT2D eigenvalue weighted by Gasteiger charge is 2.31. The first-order valence-corrected chi connectivity index (χ1v) is 6.62. The molecule has 1 nitrogen and oxygen atoms in total. The van der Waals surface area contributed by atoms with Crippen molar-refractivity contribution in [2.75, 3.05) is 11.9 Å². The standard InChI is InChI=1S/C13H17Cl2N/c1-9(10-3-4-10)16(2)13-7-12(15)6-5-11(13)8-14/h5-7,9-10H,3-4,8H2,1-2H3. The average molecular weight is 258 g/mol. The highest BCUT2D eigenvalue weighted by atomic mass is 35.5. The Hall–Kier alpha value is -0.400. The van der Waals surface area contributed by atoms with E-state index in [4.69, 9.17) is 23.2 Å². The van der Waals surface area contributed by atoms with Crippen LogP contribution < -0.4 is 4.90 Å². The summed E-state index contributed by atoms with van der Waals surface area (Å²) in [6.45, 7) is 2.27. The van der Waals surface area contributed by atoms with Crippen LogP contribution in [-0.2, 0) is 5.88 Å². The molecule has 0 radical (unpaired) electrons. The van der Waals surface area contributed by atoms with Gasteiger partial charge >= 0.3 is 0 Å². The van der Waals surface area contributed by atoms with Crippen molar-refractivity contribution in [3.8, 4) is 0 Å². The Morgan fingerprint density at radius 1 is 1.44 bits per heavy atom. The van der Waals surface area contributed by atoms with Gasteiger partial charge < -0.3 is 4.90 Å². The van der Waals surface area contributed by atoms with E-state index in [2.05, 4.69) is 18.9 Å². The molecular formula is C13H17Cl2N. The van der Waals surface area contributed by atoms with Gasteiger partial charge in [-0.05, 0) is 43.4 Å². The molecule has 0 aliphatic heterocycles. The average Bonchev–Trinajstić information content (AvgIpc) is 3.11. The second-order valence-electron chi connectivity index (χ2n) is 4.60. The van der Waals surface area contributed by atoms with E-state index in [9.17, 15) is 0 Å². The minimum Gasteiger partial charge on any atom is -0.371 e. The first-order chi connectivity index (χ1) is 7.63. The minimum absolute atomic E-state index is 0.536. The van der Waals surface area contributed by atoms with Crippen LogP contribution in [0.5, 0.6) is 0 Å². The summed E-state index contributed by atoms with van der Waals surface area (Å²) in [7, 11) is 2.13. The fourth-order valence-corrected chi connectivity index (χ4v) is 2.48. The van der Waals surface area contributed by atoms with Crippen molar-refractivity contribution in [1.82, 2.24) is 0 Å². The second kappa shape index (κ2) is 4.85. The van der Waals surface area contributed by atoms with Gasteiger partial charge in [-0.1, -0.05) is 17.7 Å². The summed E-state index contributed by atoms with van der Waals surface area (Å²) >= 11 is 12.0. The fraction of sp³-hybridized carbons (Fsp3) is 0.538. The molecule has 0 saturated heterocycles. The third-order valence-electron chi connectivity index (χ3n) is 3.49. The monoisotopic (exact) mass is 257 g/mol. The van der Waals surface area contributed by atoms with Crippen LogP contribution >= 0.6 is 23.2 Å². The lowest BCUT2D eigenvalue weighted by Gasteiger charge is -2.29. The number of hydrogen-bond donors (Lipinski definition) is 0. The predicted molar refractivity (Wildman–Crippen MR) is 71.6 cm³/mol. The van der Waals surface area contributed by atoms with Crippen molar-refractivity contribution in [3.63, 3.8) is 0 Å². The van der Waals surface area contributed by atoms with Crippen LogP contribution in [0.2, 0.25) is 5.02 Å². The fourth-order valence-electron chi connectivity index (χ4n) is 2.09. The molecular weight excluding hydrogens is 241 g/mol. The predicted octanol–water partition coefficient (Wildman–Crippen LogP) is 4.31. The summed E-state index contributed by atoms with van der Waals surface area (Å²) < 4.78 is 0. The van der Waals surface area contributed by atoms with E-state index in [-0.39, 0.29) is 0 Å². The zero-order valence-corrected chi connectivity index (χ0v) is 11.2. The third kappa shape index (κ3) is 2.46. The van der Waals surface area contributed by atoms with Gasteiger partial charge in [0.25, 0.3) is 0 Å². The molecule has 1 saturated carbocycles. The summed E-state index contributed by atoms with van der Waals surface area (Å²) in [5.41, 5.74) is 2.32. The summed E-state index contributed by atoms with van der Waals surface area (Å²) in [5.74, 6) is 1.38. The van der Waals surface area contributed by atoms with E-state index in [1.165, 1.54) is 18.5 Å². The highest BCUT2D eigenvalue weighted by molar-refractivity contribution is 6.31. The van der Waals surface area contributed by atoms with Crippen molar-refractivity contribution in [1.29, 1.82) is 0 Å². The van der Waals surface area contributed by atoms with Crippen LogP contribution in [0.25, 0.3) is 0 Å². The molecule has 1 unspecified atom stereocenters. The maximum atomic E-state index is 6.05. The Labute approximate surface area is 107 Å². The lowest BCUT2D eigenvalue weighted by Crippen LogP contribution is -2.31. The lowest BCUT2D eigenvalue weighted by molar-refractivity contribution is 0.608. The van der Waals surface area contributed by atoms with E-state index >= 15 is 0 Å². The highest BCUT2D eigenvalue weighted by Crippen LogP contribution is 2.37. The molecule has 1 aliphatic carbocycles. The molecule has 0 bridgehead atoms. The first-order valence-electron chi connectivity index (χ1n) is 5.70. The Morgan fingerprint density at radius 3 is 2.69 bits per heavy atom. The lowest BCUT2D eigenvalue weighted by atomic mass is 10.1. The van der Waals surface area contributed by atoms with Gasteiger partial charge in [0.05, 0.1) is 0 Å². The summed E-state index contributed by atoms with van der Waals surface area (Å²) in [5, 5.41) is 0.777. The Balaban J connectivity index is 2.26. The zero-order valence-electron chi connectivity index (χ0n) is 9.71. The van der Waals surface area contributed by atoms with E-state index in [1.54, 1.807) is 0 Å². The zero-order chi connectivity index (χ0) is 11.7. The summed E-state index contributed by atoms with van der Waals surface area (Å²) in [6.07, 6.45) is 2.70. The van der Waals surface area contributed by atoms with Gasteiger partial charge in [-0.3, -0.25) is 0 Å². The molecule has 0 aromatic heterocycles. The van der Waals surface area contributed by atoms with Gasteiger partial charge in [0.15, 0.2) is 0 Å². The molecule has 88 valence electrons. The molecule has 0 N–H and O–H groups in total. The molecule has 0 heterocycles. The number of alkyl halides is 1. The Bertz CT molecular complexity index is 374. The minimum atomic E-state index is 0.536. The molecule has 1 fully saturated rings. The maximum Gasteiger partial charge on any atom is 0.0494 e. The first kappa shape index (κ1) is 12.1. The SMILES string of the molecule is CC(C1CC1)N(C)c1cc(Cl)ccc1CCl. The van der Waals surface area contributed by atoms with Crippen molar-refractivity contribution >= 4 is 28.9 Å². The van der Waals surface area contributed by atoms with Gasteiger partial charge in [0.1, 0.15) is 0 Å². The van der Waals surface area contributed by atoms with Gasteiger partial charge in [-0.2, -0.15) is 0 Å². The van der Waals surface area contributed by atoms with Crippen LogP contribution in [-0.4, -0.2) is 13.1 Å². The smallest absolute Gasteiger partial charge is 0.0494 e.